The highest BCUT2D eigenvalue weighted by molar-refractivity contribution is 5.78. The fourth-order valence-corrected chi connectivity index (χ4v) is 2.89. The molecule has 3 atom stereocenters. The summed E-state index contributed by atoms with van der Waals surface area (Å²) in [4.78, 5) is 14.2. The summed E-state index contributed by atoms with van der Waals surface area (Å²) in [5, 5.41) is 3.08. The van der Waals surface area contributed by atoms with Crippen LogP contribution in [0.2, 0.25) is 0 Å². The quantitative estimate of drug-likeness (QED) is 0.770. The third-order valence-electron chi connectivity index (χ3n) is 4.54. The van der Waals surface area contributed by atoms with E-state index in [9.17, 15) is 4.79 Å². The van der Waals surface area contributed by atoms with Gasteiger partial charge in [0.15, 0.2) is 0 Å². The van der Waals surface area contributed by atoms with E-state index in [2.05, 4.69) is 24.3 Å². The van der Waals surface area contributed by atoms with E-state index >= 15 is 0 Å². The molecule has 0 aromatic heterocycles. The Bertz CT molecular complexity index is 273. The van der Waals surface area contributed by atoms with Crippen molar-refractivity contribution in [1.29, 1.82) is 0 Å². The second kappa shape index (κ2) is 7.85. The minimum absolute atomic E-state index is 0.0812. The standard InChI is InChI=1S/C15H31N3O/c1-11(12(2)16)15(19)17-10-14(18(3)4)13-8-6-5-7-9-13/h11-14H,5-10,16H2,1-4H3,(H,17,19). The molecule has 0 aromatic rings. The lowest BCUT2D eigenvalue weighted by Gasteiger charge is -2.35. The van der Waals surface area contributed by atoms with Gasteiger partial charge in [0.1, 0.15) is 0 Å². The molecule has 0 saturated heterocycles. The van der Waals surface area contributed by atoms with Crippen LogP contribution in [0.25, 0.3) is 0 Å². The van der Waals surface area contributed by atoms with Crippen LogP contribution in [0.15, 0.2) is 0 Å². The number of amides is 1. The molecular weight excluding hydrogens is 238 g/mol. The molecule has 0 aromatic carbocycles. The number of hydrogen-bond acceptors (Lipinski definition) is 3. The molecule has 1 aliphatic rings. The smallest absolute Gasteiger partial charge is 0.224 e. The monoisotopic (exact) mass is 269 g/mol. The van der Waals surface area contributed by atoms with Gasteiger partial charge in [-0.25, -0.2) is 0 Å². The van der Waals surface area contributed by atoms with Crippen LogP contribution < -0.4 is 11.1 Å². The highest BCUT2D eigenvalue weighted by Gasteiger charge is 2.26. The molecule has 1 fully saturated rings. The van der Waals surface area contributed by atoms with Gasteiger partial charge >= 0.3 is 0 Å². The molecule has 0 radical (unpaired) electrons. The number of hydrogen-bond donors (Lipinski definition) is 2. The van der Waals surface area contributed by atoms with E-state index < -0.39 is 0 Å². The first-order chi connectivity index (χ1) is 8.93. The highest BCUT2D eigenvalue weighted by atomic mass is 16.1. The Balaban J connectivity index is 2.47. The summed E-state index contributed by atoms with van der Waals surface area (Å²) in [6.07, 6.45) is 6.62. The van der Waals surface area contributed by atoms with E-state index in [0.717, 1.165) is 12.5 Å². The van der Waals surface area contributed by atoms with Gasteiger partial charge in [0.05, 0.1) is 0 Å². The number of nitrogens with zero attached hydrogens (tertiary/aromatic N) is 1. The molecule has 4 nitrogen and oxygen atoms in total. The topological polar surface area (TPSA) is 58.4 Å². The molecule has 0 bridgehead atoms. The number of nitrogens with one attached hydrogen (secondary N) is 1. The normalized spacial score (nSPS) is 22.0. The number of rotatable bonds is 6. The van der Waals surface area contributed by atoms with Crippen molar-refractivity contribution in [3.63, 3.8) is 0 Å². The van der Waals surface area contributed by atoms with Crippen molar-refractivity contribution in [3.8, 4) is 0 Å². The van der Waals surface area contributed by atoms with E-state index in [0.29, 0.717) is 6.04 Å². The maximum absolute atomic E-state index is 12.0. The van der Waals surface area contributed by atoms with Gasteiger partial charge in [-0.3, -0.25) is 4.79 Å². The second-order valence-corrected chi connectivity index (χ2v) is 6.32. The lowest BCUT2D eigenvalue weighted by molar-refractivity contribution is -0.125. The van der Waals surface area contributed by atoms with Crippen LogP contribution in [0.4, 0.5) is 0 Å². The number of likely N-dealkylation sites (N-methyl/N-ethyl adjacent to an activating group) is 1. The Morgan fingerprint density at radius 1 is 1.26 bits per heavy atom. The third kappa shape index (κ3) is 5.11. The van der Waals surface area contributed by atoms with Crippen LogP contribution in [0.5, 0.6) is 0 Å². The van der Waals surface area contributed by atoms with E-state index in [1.54, 1.807) is 0 Å². The third-order valence-corrected chi connectivity index (χ3v) is 4.54. The first-order valence-corrected chi connectivity index (χ1v) is 7.63. The molecule has 19 heavy (non-hydrogen) atoms. The van der Waals surface area contributed by atoms with Gasteiger partial charge in [-0.2, -0.15) is 0 Å². The lowest BCUT2D eigenvalue weighted by atomic mass is 9.83. The summed E-state index contributed by atoms with van der Waals surface area (Å²) in [6, 6.07) is 0.358. The molecule has 0 aliphatic heterocycles. The van der Waals surface area contributed by atoms with Crippen LogP contribution in [0.1, 0.15) is 46.0 Å². The minimum atomic E-state index is -0.117. The van der Waals surface area contributed by atoms with Crippen LogP contribution in [-0.2, 0) is 4.79 Å². The van der Waals surface area contributed by atoms with Gasteiger partial charge < -0.3 is 16.0 Å². The van der Waals surface area contributed by atoms with E-state index in [-0.39, 0.29) is 17.9 Å². The fourth-order valence-electron chi connectivity index (χ4n) is 2.89. The van der Waals surface area contributed by atoms with E-state index in [1.807, 2.05) is 13.8 Å². The molecule has 0 heterocycles. The van der Waals surface area contributed by atoms with Crippen molar-refractivity contribution in [1.82, 2.24) is 10.2 Å². The van der Waals surface area contributed by atoms with Crippen molar-refractivity contribution < 1.29 is 4.79 Å². The average Bonchev–Trinajstić information content (AvgIpc) is 2.38. The summed E-state index contributed by atoms with van der Waals surface area (Å²) in [5.74, 6) is 0.682. The highest BCUT2D eigenvalue weighted by Crippen LogP contribution is 2.28. The predicted molar refractivity (Wildman–Crippen MR) is 79.9 cm³/mol. The molecule has 0 spiro atoms. The molecule has 1 rings (SSSR count). The Hall–Kier alpha value is -0.610. The maximum Gasteiger partial charge on any atom is 0.224 e. The molecule has 1 amide bonds. The summed E-state index contributed by atoms with van der Waals surface area (Å²) in [7, 11) is 4.22. The zero-order valence-corrected chi connectivity index (χ0v) is 13.0. The molecule has 3 N–H and O–H groups in total. The van der Waals surface area contributed by atoms with E-state index in [1.165, 1.54) is 32.1 Å². The largest absolute Gasteiger partial charge is 0.354 e. The molecule has 3 unspecified atom stereocenters. The van der Waals surface area contributed by atoms with Crippen molar-refractivity contribution >= 4 is 5.91 Å². The van der Waals surface area contributed by atoms with Gasteiger partial charge in [-0.05, 0) is 39.8 Å². The SMILES string of the molecule is CC(N)C(C)C(=O)NCC(C1CCCCC1)N(C)C. The minimum Gasteiger partial charge on any atom is -0.354 e. The zero-order chi connectivity index (χ0) is 14.4. The maximum atomic E-state index is 12.0. The molecule has 112 valence electrons. The van der Waals surface area contributed by atoms with E-state index in [4.69, 9.17) is 5.73 Å². The van der Waals surface area contributed by atoms with Gasteiger partial charge in [0.25, 0.3) is 0 Å². The van der Waals surface area contributed by atoms with Gasteiger partial charge in [0.2, 0.25) is 5.91 Å². The number of nitrogens with two attached hydrogens (primary N) is 1. The fraction of sp³-hybridized carbons (Fsp3) is 0.933. The predicted octanol–water partition coefficient (Wildman–Crippen LogP) is 1.60. The van der Waals surface area contributed by atoms with Crippen molar-refractivity contribution in [2.75, 3.05) is 20.6 Å². The molecule has 1 aliphatic carbocycles. The molecule has 1 saturated carbocycles. The summed E-state index contributed by atoms with van der Waals surface area (Å²) in [5.41, 5.74) is 5.77. The molecular formula is C15H31N3O. The Morgan fingerprint density at radius 3 is 2.32 bits per heavy atom. The van der Waals surface area contributed by atoms with Crippen molar-refractivity contribution in [3.05, 3.63) is 0 Å². The summed E-state index contributed by atoms with van der Waals surface area (Å²) in [6.45, 7) is 4.52. The zero-order valence-electron chi connectivity index (χ0n) is 13.0. The van der Waals surface area contributed by atoms with Crippen LogP contribution in [0.3, 0.4) is 0 Å². The Labute approximate surface area is 118 Å². The first kappa shape index (κ1) is 16.4. The Kier molecular flexibility index (Phi) is 6.80. The van der Waals surface area contributed by atoms with Gasteiger partial charge in [0, 0.05) is 24.5 Å². The number of carbonyl (C=O) groups is 1. The van der Waals surface area contributed by atoms with Crippen molar-refractivity contribution in [2.24, 2.45) is 17.6 Å². The molecule has 4 heteroatoms. The van der Waals surface area contributed by atoms with Gasteiger partial charge in [-0.1, -0.05) is 26.2 Å². The second-order valence-electron chi connectivity index (χ2n) is 6.32. The lowest BCUT2D eigenvalue weighted by Crippen LogP contribution is -2.48. The first-order valence-electron chi connectivity index (χ1n) is 7.63. The van der Waals surface area contributed by atoms with Crippen LogP contribution in [0, 0.1) is 11.8 Å². The summed E-state index contributed by atoms with van der Waals surface area (Å²) >= 11 is 0. The van der Waals surface area contributed by atoms with Crippen LogP contribution in [-0.4, -0.2) is 43.5 Å². The Morgan fingerprint density at radius 2 is 1.84 bits per heavy atom. The van der Waals surface area contributed by atoms with Gasteiger partial charge in [-0.15, -0.1) is 0 Å². The average molecular weight is 269 g/mol. The van der Waals surface area contributed by atoms with Crippen molar-refractivity contribution in [2.45, 2.75) is 58.0 Å². The number of carbonyl (C=O) groups excluding carboxylic acids is 1. The summed E-state index contributed by atoms with van der Waals surface area (Å²) < 4.78 is 0. The van der Waals surface area contributed by atoms with Crippen LogP contribution >= 0.6 is 0 Å².